The zero-order valence-electron chi connectivity index (χ0n) is 20.5. The monoisotopic (exact) mass is 428 g/mol. The maximum absolute atomic E-state index is 13.4. The standard InChI is InChI=1S/C27H40O4/c1-25(2,3)30-22-11-10-21-23-19(12-13-27(21,22)7)18-9-8-17(28)14-16(18)15-20(23)24(29)31-26(4,5)6/h14,20-23H,8-13,15H2,1-7H3/t20-,21-,22+,23+,27+/m1/s1. The topological polar surface area (TPSA) is 52.6 Å². The Balaban J connectivity index is 1.74. The normalized spacial score (nSPS) is 35.8. The van der Waals surface area contributed by atoms with Crippen molar-refractivity contribution in [3.63, 3.8) is 0 Å². The number of allylic oxidation sites excluding steroid dienone is 4. The van der Waals surface area contributed by atoms with Crippen LogP contribution < -0.4 is 0 Å². The molecule has 0 heterocycles. The van der Waals surface area contributed by atoms with Gasteiger partial charge in [-0.2, -0.15) is 0 Å². The number of hydrogen-bond acceptors (Lipinski definition) is 4. The minimum absolute atomic E-state index is 0.0774. The molecule has 172 valence electrons. The molecule has 0 bridgehead atoms. The van der Waals surface area contributed by atoms with Crippen LogP contribution >= 0.6 is 0 Å². The van der Waals surface area contributed by atoms with E-state index < -0.39 is 5.60 Å². The molecule has 0 N–H and O–H groups in total. The molecule has 2 saturated carbocycles. The van der Waals surface area contributed by atoms with Crippen molar-refractivity contribution in [2.45, 2.75) is 111 Å². The molecular weight excluding hydrogens is 388 g/mol. The number of fused-ring (bicyclic) bond motifs is 4. The Morgan fingerprint density at radius 2 is 1.74 bits per heavy atom. The van der Waals surface area contributed by atoms with Crippen molar-refractivity contribution in [1.82, 2.24) is 0 Å². The summed E-state index contributed by atoms with van der Waals surface area (Å²) >= 11 is 0. The lowest BCUT2D eigenvalue weighted by molar-refractivity contribution is -0.165. The summed E-state index contributed by atoms with van der Waals surface area (Å²) in [5.41, 5.74) is 3.32. The number of rotatable bonds is 2. The van der Waals surface area contributed by atoms with E-state index >= 15 is 0 Å². The highest BCUT2D eigenvalue weighted by Crippen LogP contribution is 2.62. The molecule has 0 aromatic carbocycles. The third-order valence-electron chi connectivity index (χ3n) is 7.90. The summed E-state index contributed by atoms with van der Waals surface area (Å²) in [4.78, 5) is 25.6. The average Bonchev–Trinajstić information content (AvgIpc) is 2.94. The molecule has 0 amide bonds. The second-order valence-corrected chi connectivity index (χ2v) is 12.4. The Kier molecular flexibility index (Phi) is 5.56. The van der Waals surface area contributed by atoms with Crippen LogP contribution in [0.2, 0.25) is 0 Å². The van der Waals surface area contributed by atoms with Crippen molar-refractivity contribution in [3.05, 3.63) is 22.8 Å². The maximum Gasteiger partial charge on any atom is 0.310 e. The number of esters is 1. The van der Waals surface area contributed by atoms with Gasteiger partial charge in [0.15, 0.2) is 5.78 Å². The highest BCUT2D eigenvalue weighted by Gasteiger charge is 2.58. The summed E-state index contributed by atoms with van der Waals surface area (Å²) < 4.78 is 12.5. The van der Waals surface area contributed by atoms with Gasteiger partial charge in [0.05, 0.1) is 17.6 Å². The van der Waals surface area contributed by atoms with Crippen molar-refractivity contribution in [1.29, 1.82) is 0 Å². The smallest absolute Gasteiger partial charge is 0.310 e. The van der Waals surface area contributed by atoms with Gasteiger partial charge in [0.2, 0.25) is 0 Å². The lowest BCUT2D eigenvalue weighted by atomic mass is 9.54. The summed E-state index contributed by atoms with van der Waals surface area (Å²) in [5, 5.41) is 0. The van der Waals surface area contributed by atoms with Gasteiger partial charge in [-0.1, -0.05) is 12.5 Å². The lowest BCUT2D eigenvalue weighted by Crippen LogP contribution is -2.49. The van der Waals surface area contributed by atoms with Gasteiger partial charge in [-0.15, -0.1) is 0 Å². The molecule has 0 saturated heterocycles. The van der Waals surface area contributed by atoms with Crippen molar-refractivity contribution in [2.75, 3.05) is 0 Å². The molecule has 0 radical (unpaired) electrons. The number of carbonyl (C=O) groups excluding carboxylic acids is 2. The minimum atomic E-state index is -0.510. The van der Waals surface area contributed by atoms with Crippen LogP contribution in [0.3, 0.4) is 0 Å². The Labute approximate surface area is 187 Å². The lowest BCUT2D eigenvalue weighted by Gasteiger charge is -2.51. The largest absolute Gasteiger partial charge is 0.460 e. The quantitative estimate of drug-likeness (QED) is 0.511. The van der Waals surface area contributed by atoms with Crippen molar-refractivity contribution >= 4 is 11.8 Å². The predicted octanol–water partition coefficient (Wildman–Crippen LogP) is 5.94. The van der Waals surface area contributed by atoms with Crippen LogP contribution in [0.1, 0.15) is 93.4 Å². The van der Waals surface area contributed by atoms with E-state index in [-0.39, 0.29) is 40.7 Å². The van der Waals surface area contributed by atoms with Gasteiger partial charge < -0.3 is 9.47 Å². The highest BCUT2D eigenvalue weighted by molar-refractivity contribution is 5.93. The van der Waals surface area contributed by atoms with E-state index in [0.29, 0.717) is 18.8 Å². The van der Waals surface area contributed by atoms with Crippen LogP contribution in [0.15, 0.2) is 22.8 Å². The molecule has 31 heavy (non-hydrogen) atoms. The highest BCUT2D eigenvalue weighted by atomic mass is 16.6. The van der Waals surface area contributed by atoms with Crippen molar-refractivity contribution in [2.24, 2.45) is 23.2 Å². The van der Waals surface area contributed by atoms with E-state index in [1.165, 1.54) is 11.1 Å². The van der Waals surface area contributed by atoms with Crippen LogP contribution in [0, 0.1) is 23.2 Å². The molecule has 0 aromatic heterocycles. The van der Waals surface area contributed by atoms with Gasteiger partial charge in [-0.3, -0.25) is 9.59 Å². The van der Waals surface area contributed by atoms with E-state index in [9.17, 15) is 9.59 Å². The fourth-order valence-electron chi connectivity index (χ4n) is 6.76. The molecule has 0 aromatic rings. The molecule has 4 heteroatoms. The van der Waals surface area contributed by atoms with Gasteiger partial charge in [0, 0.05) is 6.42 Å². The molecular formula is C27H40O4. The molecule has 0 unspecified atom stereocenters. The molecule has 4 rings (SSSR count). The first-order valence-electron chi connectivity index (χ1n) is 12.1. The van der Waals surface area contributed by atoms with Gasteiger partial charge >= 0.3 is 5.97 Å². The van der Waals surface area contributed by atoms with Crippen LogP contribution in [0.4, 0.5) is 0 Å². The van der Waals surface area contributed by atoms with Gasteiger partial charge in [0.1, 0.15) is 5.60 Å². The van der Waals surface area contributed by atoms with Crippen LogP contribution in [0.25, 0.3) is 0 Å². The van der Waals surface area contributed by atoms with Crippen molar-refractivity contribution in [3.8, 4) is 0 Å². The average molecular weight is 429 g/mol. The third-order valence-corrected chi connectivity index (χ3v) is 7.90. The number of ether oxygens (including phenoxy) is 2. The second kappa shape index (κ2) is 7.57. The molecule has 2 fully saturated rings. The van der Waals surface area contributed by atoms with E-state index in [4.69, 9.17) is 9.47 Å². The van der Waals surface area contributed by atoms with Crippen LogP contribution in [-0.4, -0.2) is 29.1 Å². The van der Waals surface area contributed by atoms with E-state index in [2.05, 4.69) is 27.7 Å². The second-order valence-electron chi connectivity index (χ2n) is 12.4. The van der Waals surface area contributed by atoms with Crippen LogP contribution in [-0.2, 0) is 19.1 Å². The van der Waals surface area contributed by atoms with Gasteiger partial charge in [-0.05, 0) is 115 Å². The summed E-state index contributed by atoms with van der Waals surface area (Å²) in [5.74, 6) is 0.529. The summed E-state index contributed by atoms with van der Waals surface area (Å²) in [6, 6.07) is 0. The molecule has 4 aliphatic carbocycles. The molecule has 4 nitrogen and oxygen atoms in total. The Hall–Kier alpha value is -1.42. The Morgan fingerprint density at radius 3 is 2.39 bits per heavy atom. The molecule has 0 aliphatic heterocycles. The summed E-state index contributed by atoms with van der Waals surface area (Å²) in [6.45, 7) is 14.6. The predicted molar refractivity (Wildman–Crippen MR) is 121 cm³/mol. The Bertz CT molecular complexity index is 834. The molecule has 0 spiro atoms. The fraction of sp³-hybridized carbons (Fsp3) is 0.778. The number of hydrogen-bond donors (Lipinski definition) is 0. The maximum atomic E-state index is 13.4. The number of carbonyl (C=O) groups is 2. The van der Waals surface area contributed by atoms with Crippen molar-refractivity contribution < 1.29 is 19.1 Å². The first-order chi connectivity index (χ1) is 14.3. The Morgan fingerprint density at radius 1 is 1.03 bits per heavy atom. The minimum Gasteiger partial charge on any atom is -0.460 e. The van der Waals surface area contributed by atoms with Crippen LogP contribution in [0.5, 0.6) is 0 Å². The number of ketones is 1. The van der Waals surface area contributed by atoms with E-state index in [0.717, 1.165) is 37.7 Å². The molecule has 5 atom stereocenters. The summed E-state index contributed by atoms with van der Waals surface area (Å²) in [6.07, 6.45) is 8.36. The van der Waals surface area contributed by atoms with E-state index in [1.807, 2.05) is 26.8 Å². The fourth-order valence-corrected chi connectivity index (χ4v) is 6.76. The zero-order valence-corrected chi connectivity index (χ0v) is 20.5. The first-order valence-corrected chi connectivity index (χ1v) is 12.1. The summed E-state index contributed by atoms with van der Waals surface area (Å²) in [7, 11) is 0. The SMILES string of the molecule is CC(C)(C)OC(=O)[C@@H]1CC2=CC(=O)CCC2=C2CC[C@]3(C)[C@@H](OC(C)(C)C)CC[C@@H]3[C@@H]21. The van der Waals surface area contributed by atoms with Gasteiger partial charge in [-0.25, -0.2) is 0 Å². The zero-order chi connectivity index (χ0) is 22.8. The van der Waals surface area contributed by atoms with Gasteiger partial charge in [0.25, 0.3) is 0 Å². The molecule has 4 aliphatic rings. The van der Waals surface area contributed by atoms with E-state index in [1.54, 1.807) is 0 Å². The first kappa shape index (κ1) is 22.8. The third kappa shape index (κ3) is 4.29.